The number of ether oxygens (including phenoxy) is 2. The number of halogens is 4. The van der Waals surface area contributed by atoms with E-state index in [1.54, 1.807) is 0 Å². The number of esters is 1. The van der Waals surface area contributed by atoms with Crippen molar-refractivity contribution in [3.63, 3.8) is 0 Å². The third-order valence-electron chi connectivity index (χ3n) is 1.72. The molecule has 0 saturated carbocycles. The molecular formula is C10H8F4O3. The van der Waals surface area contributed by atoms with E-state index in [-0.39, 0.29) is 6.61 Å². The van der Waals surface area contributed by atoms with Crippen LogP contribution in [0, 0.1) is 11.6 Å². The lowest BCUT2D eigenvalue weighted by molar-refractivity contribution is -0.0525. The van der Waals surface area contributed by atoms with Crippen molar-refractivity contribution in [2.24, 2.45) is 0 Å². The first-order valence-corrected chi connectivity index (χ1v) is 4.56. The molecule has 0 aliphatic heterocycles. The van der Waals surface area contributed by atoms with Gasteiger partial charge in [0.15, 0.2) is 11.6 Å². The van der Waals surface area contributed by atoms with Gasteiger partial charge in [-0.25, -0.2) is 13.6 Å². The molecule has 0 amide bonds. The van der Waals surface area contributed by atoms with Crippen LogP contribution in [0.25, 0.3) is 0 Å². The van der Waals surface area contributed by atoms with Crippen molar-refractivity contribution in [3.05, 3.63) is 29.3 Å². The van der Waals surface area contributed by atoms with Crippen molar-refractivity contribution in [1.82, 2.24) is 0 Å². The first kappa shape index (κ1) is 13.3. The van der Waals surface area contributed by atoms with Gasteiger partial charge >= 0.3 is 12.6 Å². The quantitative estimate of drug-likeness (QED) is 0.610. The van der Waals surface area contributed by atoms with Gasteiger partial charge in [0, 0.05) is 6.07 Å². The molecule has 0 aromatic heterocycles. The molecule has 1 rings (SSSR count). The summed E-state index contributed by atoms with van der Waals surface area (Å²) in [6.45, 7) is -1.91. The van der Waals surface area contributed by atoms with Gasteiger partial charge in [-0.3, -0.25) is 0 Å². The Morgan fingerprint density at radius 2 is 2.00 bits per heavy atom. The van der Waals surface area contributed by atoms with Crippen LogP contribution >= 0.6 is 0 Å². The average molecular weight is 252 g/mol. The fourth-order valence-corrected chi connectivity index (χ4v) is 1.10. The van der Waals surface area contributed by atoms with Crippen LogP contribution in [0.2, 0.25) is 0 Å². The zero-order valence-electron chi connectivity index (χ0n) is 8.68. The second-order valence-electron chi connectivity index (χ2n) is 2.86. The summed E-state index contributed by atoms with van der Waals surface area (Å²) in [7, 11) is 0. The predicted octanol–water partition coefficient (Wildman–Crippen LogP) is 2.74. The molecule has 7 heteroatoms. The van der Waals surface area contributed by atoms with E-state index in [1.807, 2.05) is 0 Å². The van der Waals surface area contributed by atoms with Crippen LogP contribution in [-0.2, 0) is 4.74 Å². The molecule has 1 aromatic rings. The molecule has 0 radical (unpaired) electrons. The smallest absolute Gasteiger partial charge is 0.387 e. The van der Waals surface area contributed by atoms with Crippen LogP contribution in [0.3, 0.4) is 0 Å². The van der Waals surface area contributed by atoms with E-state index in [1.165, 1.54) is 6.92 Å². The number of alkyl halides is 2. The third-order valence-corrected chi connectivity index (χ3v) is 1.72. The maximum absolute atomic E-state index is 13.5. The van der Waals surface area contributed by atoms with E-state index in [0.717, 1.165) is 0 Å². The van der Waals surface area contributed by atoms with E-state index in [2.05, 4.69) is 9.47 Å². The number of benzene rings is 1. The fourth-order valence-electron chi connectivity index (χ4n) is 1.10. The lowest BCUT2D eigenvalue weighted by Crippen LogP contribution is -2.11. The first-order chi connectivity index (χ1) is 7.95. The Hall–Kier alpha value is -1.79. The molecular weight excluding hydrogens is 244 g/mol. The molecule has 0 aliphatic carbocycles. The monoisotopic (exact) mass is 252 g/mol. The molecule has 94 valence electrons. The van der Waals surface area contributed by atoms with E-state index in [0.29, 0.717) is 12.1 Å². The Balaban J connectivity index is 3.13. The maximum Gasteiger partial charge on any atom is 0.387 e. The summed E-state index contributed by atoms with van der Waals surface area (Å²) in [5.74, 6) is -4.65. The number of carbonyl (C=O) groups excluding carboxylic acids is 1. The second kappa shape index (κ2) is 5.51. The summed E-state index contributed by atoms with van der Waals surface area (Å²) in [6, 6.07) is 0.968. The van der Waals surface area contributed by atoms with Gasteiger partial charge in [0.25, 0.3) is 0 Å². The minimum Gasteiger partial charge on any atom is -0.462 e. The highest BCUT2D eigenvalue weighted by Gasteiger charge is 2.21. The van der Waals surface area contributed by atoms with E-state index >= 15 is 0 Å². The predicted molar refractivity (Wildman–Crippen MR) is 48.9 cm³/mol. The second-order valence-corrected chi connectivity index (χ2v) is 2.86. The minimum absolute atomic E-state index is 0.0557. The molecule has 0 fully saturated rings. The highest BCUT2D eigenvalue weighted by atomic mass is 19.3. The van der Waals surface area contributed by atoms with Gasteiger partial charge in [-0.2, -0.15) is 8.78 Å². The first-order valence-electron chi connectivity index (χ1n) is 4.56. The van der Waals surface area contributed by atoms with Crippen molar-refractivity contribution in [2.45, 2.75) is 13.5 Å². The van der Waals surface area contributed by atoms with Gasteiger partial charge < -0.3 is 9.47 Å². The standard InChI is InChI=1S/C10H8F4O3/c1-2-16-9(15)6-3-5(11)4-7(8(6)12)17-10(13)14/h3-4,10H,2H2,1H3. The molecule has 0 saturated heterocycles. The van der Waals surface area contributed by atoms with Gasteiger partial charge in [0.05, 0.1) is 6.61 Å². The lowest BCUT2D eigenvalue weighted by Gasteiger charge is -2.09. The summed E-state index contributed by atoms with van der Waals surface area (Å²) in [4.78, 5) is 11.2. The van der Waals surface area contributed by atoms with Crippen LogP contribution in [0.5, 0.6) is 5.75 Å². The Bertz CT molecular complexity index is 420. The number of rotatable bonds is 4. The Kier molecular flexibility index (Phi) is 4.30. The summed E-state index contributed by atoms with van der Waals surface area (Å²) in [5, 5.41) is 0. The van der Waals surface area contributed by atoms with Gasteiger partial charge in [-0.15, -0.1) is 0 Å². The Morgan fingerprint density at radius 3 is 2.53 bits per heavy atom. The van der Waals surface area contributed by atoms with Crippen LogP contribution in [0.4, 0.5) is 17.6 Å². The van der Waals surface area contributed by atoms with Crippen LogP contribution in [-0.4, -0.2) is 19.2 Å². The number of hydrogen-bond donors (Lipinski definition) is 0. The molecule has 0 unspecified atom stereocenters. The van der Waals surface area contributed by atoms with Crippen molar-refractivity contribution >= 4 is 5.97 Å². The summed E-state index contributed by atoms with van der Waals surface area (Å²) in [6.07, 6.45) is 0. The molecule has 0 N–H and O–H groups in total. The third kappa shape index (κ3) is 3.33. The van der Waals surface area contributed by atoms with Gasteiger partial charge in [0.2, 0.25) is 0 Å². The summed E-state index contributed by atoms with van der Waals surface area (Å²) >= 11 is 0. The highest BCUT2D eigenvalue weighted by Crippen LogP contribution is 2.24. The molecule has 0 atom stereocenters. The van der Waals surface area contributed by atoms with E-state index in [4.69, 9.17) is 0 Å². The fraction of sp³-hybridized carbons (Fsp3) is 0.300. The van der Waals surface area contributed by atoms with Gasteiger partial charge in [-0.05, 0) is 13.0 Å². The Morgan fingerprint density at radius 1 is 1.35 bits per heavy atom. The van der Waals surface area contributed by atoms with Crippen molar-refractivity contribution in [2.75, 3.05) is 6.61 Å². The molecule has 0 spiro atoms. The van der Waals surface area contributed by atoms with E-state index < -0.39 is 35.5 Å². The zero-order valence-corrected chi connectivity index (χ0v) is 8.68. The molecule has 0 aliphatic rings. The van der Waals surface area contributed by atoms with Crippen LogP contribution < -0.4 is 4.74 Å². The lowest BCUT2D eigenvalue weighted by atomic mass is 10.2. The maximum atomic E-state index is 13.5. The molecule has 1 aromatic carbocycles. The molecule has 17 heavy (non-hydrogen) atoms. The summed E-state index contributed by atoms with van der Waals surface area (Å²) < 4.78 is 58.4. The van der Waals surface area contributed by atoms with Crippen molar-refractivity contribution < 1.29 is 31.8 Å². The van der Waals surface area contributed by atoms with Gasteiger partial charge in [-0.1, -0.05) is 0 Å². The molecule has 0 bridgehead atoms. The minimum atomic E-state index is -3.32. The van der Waals surface area contributed by atoms with E-state index in [9.17, 15) is 22.4 Å². The highest BCUT2D eigenvalue weighted by molar-refractivity contribution is 5.90. The van der Waals surface area contributed by atoms with Crippen molar-refractivity contribution in [3.8, 4) is 5.75 Å². The zero-order chi connectivity index (χ0) is 13.0. The number of hydrogen-bond acceptors (Lipinski definition) is 3. The Labute approximate surface area is 93.9 Å². The largest absolute Gasteiger partial charge is 0.462 e. The SMILES string of the molecule is CCOC(=O)c1cc(F)cc(OC(F)F)c1F. The van der Waals surface area contributed by atoms with Crippen LogP contribution in [0.15, 0.2) is 12.1 Å². The average Bonchev–Trinajstić information content (AvgIpc) is 2.22. The van der Waals surface area contributed by atoms with Gasteiger partial charge in [0.1, 0.15) is 11.4 Å². The molecule has 3 nitrogen and oxygen atoms in total. The summed E-state index contributed by atoms with van der Waals surface area (Å²) in [5.41, 5.74) is -0.789. The topological polar surface area (TPSA) is 35.5 Å². The van der Waals surface area contributed by atoms with Crippen LogP contribution in [0.1, 0.15) is 17.3 Å². The normalized spacial score (nSPS) is 10.5. The molecule has 0 heterocycles. The van der Waals surface area contributed by atoms with Crippen molar-refractivity contribution in [1.29, 1.82) is 0 Å². The number of carbonyl (C=O) groups is 1.